The second-order valence-corrected chi connectivity index (χ2v) is 2.17. The van der Waals surface area contributed by atoms with Crippen LogP contribution in [0.4, 0.5) is 0 Å². The van der Waals surface area contributed by atoms with Crippen LogP contribution in [0, 0.1) is 5.92 Å². The Morgan fingerprint density at radius 2 is 2.12 bits per heavy atom. The van der Waals surface area contributed by atoms with Crippen LogP contribution in [0.25, 0.3) is 0 Å². The molecule has 0 aromatic carbocycles. The van der Waals surface area contributed by atoms with E-state index in [-0.39, 0.29) is 0 Å². The van der Waals surface area contributed by atoms with Crippen molar-refractivity contribution in [1.29, 1.82) is 0 Å². The first-order valence-corrected chi connectivity index (χ1v) is 3.15. The van der Waals surface area contributed by atoms with Gasteiger partial charge in [0.05, 0.1) is 0 Å². The van der Waals surface area contributed by atoms with Gasteiger partial charge in [0.15, 0.2) is 0 Å². The Balaban J connectivity index is 3.63. The molecule has 0 fully saturated rings. The first kappa shape index (κ1) is 7.67. The van der Waals surface area contributed by atoms with E-state index in [1.165, 1.54) is 12.1 Å². The van der Waals surface area contributed by atoms with E-state index in [1.54, 1.807) is 0 Å². The molecule has 0 aromatic heterocycles. The zero-order valence-corrected chi connectivity index (χ0v) is 6.23. The topological polar surface area (TPSA) is 12.4 Å². The molecule has 0 saturated heterocycles. The first-order valence-electron chi connectivity index (χ1n) is 3.15. The Hall–Kier alpha value is -0.330. The van der Waals surface area contributed by atoms with E-state index >= 15 is 0 Å². The number of rotatable bonds is 2. The molecular formula is C7H15N. The third-order valence-electron chi connectivity index (χ3n) is 1.68. The summed E-state index contributed by atoms with van der Waals surface area (Å²) in [5.74, 6) is 0.667. The molecule has 1 atom stereocenters. The summed E-state index contributed by atoms with van der Waals surface area (Å²) in [6.45, 7) is 6.45. The Morgan fingerprint density at radius 1 is 1.62 bits per heavy atom. The van der Waals surface area contributed by atoms with Gasteiger partial charge in [0.2, 0.25) is 0 Å². The van der Waals surface area contributed by atoms with Gasteiger partial charge in [0.1, 0.15) is 0 Å². The predicted molar refractivity (Wildman–Crippen MR) is 38.5 cm³/mol. The predicted octanol–water partition coefficient (Wildman–Crippen LogP) is 2.12. The molecule has 0 aliphatic heterocycles. The van der Waals surface area contributed by atoms with Gasteiger partial charge in [0.25, 0.3) is 0 Å². The lowest BCUT2D eigenvalue weighted by Crippen LogP contribution is -2.04. The van der Waals surface area contributed by atoms with Crippen LogP contribution in [0.5, 0.6) is 0 Å². The number of hydrogen-bond acceptors (Lipinski definition) is 1. The summed E-state index contributed by atoms with van der Waals surface area (Å²) in [6, 6.07) is 0. The van der Waals surface area contributed by atoms with E-state index in [2.05, 4.69) is 25.8 Å². The second kappa shape index (κ2) is 3.65. The fraction of sp³-hybridized carbons (Fsp3) is 0.857. The Labute approximate surface area is 51.8 Å². The zero-order chi connectivity index (χ0) is 6.57. The molecular weight excluding hydrogens is 98.1 g/mol. The molecule has 0 rings (SSSR count). The van der Waals surface area contributed by atoms with Gasteiger partial charge in [-0.1, -0.05) is 13.8 Å². The van der Waals surface area contributed by atoms with Gasteiger partial charge in [-0.15, -0.1) is 0 Å². The molecule has 1 heteroatoms. The van der Waals surface area contributed by atoms with Crippen molar-refractivity contribution >= 4 is 5.71 Å². The van der Waals surface area contributed by atoms with Crippen molar-refractivity contribution in [1.82, 2.24) is 0 Å². The van der Waals surface area contributed by atoms with Crippen LogP contribution in [0.15, 0.2) is 4.99 Å². The Morgan fingerprint density at radius 3 is 2.25 bits per heavy atom. The van der Waals surface area contributed by atoms with Gasteiger partial charge in [-0.05, 0) is 19.3 Å². The third kappa shape index (κ3) is 2.10. The summed E-state index contributed by atoms with van der Waals surface area (Å²) >= 11 is 0. The largest absolute Gasteiger partial charge is 0.297 e. The molecule has 0 N–H and O–H groups in total. The highest BCUT2D eigenvalue weighted by Gasteiger charge is 1.98. The van der Waals surface area contributed by atoms with Crippen molar-refractivity contribution in [3.8, 4) is 0 Å². The van der Waals surface area contributed by atoms with E-state index in [0.717, 1.165) is 0 Å². The van der Waals surface area contributed by atoms with Gasteiger partial charge >= 0.3 is 0 Å². The van der Waals surface area contributed by atoms with Crippen molar-refractivity contribution in [2.24, 2.45) is 10.9 Å². The molecule has 0 aliphatic carbocycles. The quantitative estimate of drug-likeness (QED) is 0.486. The maximum atomic E-state index is 4.08. The molecule has 0 aliphatic rings. The fourth-order valence-corrected chi connectivity index (χ4v) is 0.516. The summed E-state index contributed by atoms with van der Waals surface area (Å²) in [7, 11) is 1.85. The number of hydrogen-bond donors (Lipinski definition) is 0. The molecule has 0 unspecified atom stereocenters. The van der Waals surface area contributed by atoms with Crippen molar-refractivity contribution in [3.63, 3.8) is 0 Å². The van der Waals surface area contributed by atoms with Gasteiger partial charge in [-0.25, -0.2) is 0 Å². The normalized spacial score (nSPS) is 16.2. The van der Waals surface area contributed by atoms with Gasteiger partial charge < -0.3 is 0 Å². The molecule has 0 heterocycles. The Kier molecular flexibility index (Phi) is 3.49. The van der Waals surface area contributed by atoms with E-state index in [9.17, 15) is 0 Å². The van der Waals surface area contributed by atoms with Crippen LogP contribution in [0.3, 0.4) is 0 Å². The van der Waals surface area contributed by atoms with E-state index in [1.807, 2.05) is 7.05 Å². The summed E-state index contributed by atoms with van der Waals surface area (Å²) in [5.41, 5.74) is 1.26. The maximum absolute atomic E-state index is 4.08. The van der Waals surface area contributed by atoms with Crippen molar-refractivity contribution < 1.29 is 0 Å². The summed E-state index contributed by atoms with van der Waals surface area (Å²) in [4.78, 5) is 4.08. The van der Waals surface area contributed by atoms with Crippen LogP contribution >= 0.6 is 0 Å². The zero-order valence-electron chi connectivity index (χ0n) is 6.23. The number of aliphatic imine (C=N–C) groups is 1. The summed E-state index contributed by atoms with van der Waals surface area (Å²) in [5, 5.41) is 0. The molecule has 0 bridgehead atoms. The minimum absolute atomic E-state index is 0.667. The van der Waals surface area contributed by atoms with Crippen molar-refractivity contribution in [2.45, 2.75) is 27.2 Å². The average molecular weight is 113 g/mol. The Bertz CT molecular complexity index is 84.4. The molecule has 0 amide bonds. The smallest absolute Gasteiger partial charge is 0.0276 e. The molecule has 1 nitrogen and oxygen atoms in total. The maximum Gasteiger partial charge on any atom is 0.0276 e. The van der Waals surface area contributed by atoms with Gasteiger partial charge in [-0.2, -0.15) is 0 Å². The fourth-order valence-electron chi connectivity index (χ4n) is 0.516. The lowest BCUT2D eigenvalue weighted by molar-refractivity contribution is 0.734. The van der Waals surface area contributed by atoms with Crippen LogP contribution in [0.1, 0.15) is 27.2 Å². The highest BCUT2D eigenvalue weighted by atomic mass is 14.7. The van der Waals surface area contributed by atoms with Crippen LogP contribution < -0.4 is 0 Å². The van der Waals surface area contributed by atoms with Crippen LogP contribution in [-0.4, -0.2) is 12.8 Å². The molecule has 0 saturated carbocycles. The van der Waals surface area contributed by atoms with Crippen molar-refractivity contribution in [3.05, 3.63) is 0 Å². The first-order chi connectivity index (χ1) is 3.72. The molecule has 0 aromatic rings. The summed E-state index contributed by atoms with van der Waals surface area (Å²) < 4.78 is 0. The summed E-state index contributed by atoms with van der Waals surface area (Å²) in [6.07, 6.45) is 1.20. The highest BCUT2D eigenvalue weighted by molar-refractivity contribution is 5.83. The minimum Gasteiger partial charge on any atom is -0.297 e. The van der Waals surface area contributed by atoms with E-state index in [0.29, 0.717) is 5.92 Å². The molecule has 48 valence electrons. The van der Waals surface area contributed by atoms with Crippen molar-refractivity contribution in [2.75, 3.05) is 7.05 Å². The SMILES string of the molecule is CC[C@H](C)C(C)=NC. The lowest BCUT2D eigenvalue weighted by Gasteiger charge is -2.04. The lowest BCUT2D eigenvalue weighted by atomic mass is 10.0. The third-order valence-corrected chi connectivity index (χ3v) is 1.68. The molecule has 0 spiro atoms. The van der Waals surface area contributed by atoms with E-state index in [4.69, 9.17) is 0 Å². The van der Waals surface area contributed by atoms with Gasteiger partial charge in [-0.3, -0.25) is 4.99 Å². The average Bonchev–Trinajstić information content (AvgIpc) is 1.84. The minimum atomic E-state index is 0.667. The highest BCUT2D eigenvalue weighted by Crippen LogP contribution is 2.01. The number of nitrogens with zero attached hydrogens (tertiary/aromatic N) is 1. The van der Waals surface area contributed by atoms with Crippen LogP contribution in [0.2, 0.25) is 0 Å². The van der Waals surface area contributed by atoms with E-state index < -0.39 is 0 Å². The second-order valence-electron chi connectivity index (χ2n) is 2.17. The van der Waals surface area contributed by atoms with Crippen LogP contribution in [-0.2, 0) is 0 Å². The van der Waals surface area contributed by atoms with Gasteiger partial charge in [0, 0.05) is 12.8 Å². The standard InChI is InChI=1S/C7H15N/c1-5-6(2)7(3)8-4/h6H,5H2,1-4H3/t6-/m0/s1. The molecule has 0 radical (unpaired) electrons. The monoisotopic (exact) mass is 113 g/mol. The molecule has 8 heavy (non-hydrogen) atoms.